The highest BCUT2D eigenvalue weighted by atomic mass is 19.1. The third-order valence-corrected chi connectivity index (χ3v) is 9.09. The molecule has 0 spiro atoms. The summed E-state index contributed by atoms with van der Waals surface area (Å²) in [5.41, 5.74) is 5.29. The number of carbonyl (C=O) groups is 2. The molecule has 0 unspecified atom stereocenters. The molecule has 6 rings (SSSR count). The molecule has 2 fully saturated rings. The standard InChI is InChI=1S/C35H35BFNO5/c1-21(2)26-19-27-33(35(41)38(34(27)40)25-11-7-4-8-12-25)28-20-36(42)43-31(32(26)28)16-14-24(23-9-5-3-6-10-23)17-22-13-15-30(39)29(37)18-22/h3-13,15,17-18,21,27-28,31,33,39,42H,14,16,19-20H2,1-2H3/b24-17-/t27-,28+,31-,33-/m1/s1. The van der Waals surface area contributed by atoms with Crippen LogP contribution in [0.3, 0.4) is 0 Å². The number of allylic oxidation sites excluding steroid dienone is 2. The maximum Gasteiger partial charge on any atom is 0.455 e. The van der Waals surface area contributed by atoms with Crippen molar-refractivity contribution in [2.75, 3.05) is 4.90 Å². The number of anilines is 1. The second-order valence-electron chi connectivity index (χ2n) is 12.0. The highest BCUT2D eigenvalue weighted by molar-refractivity contribution is 6.43. The van der Waals surface area contributed by atoms with E-state index in [2.05, 4.69) is 13.8 Å². The van der Waals surface area contributed by atoms with E-state index >= 15 is 0 Å². The number of carbonyl (C=O) groups excluding carboxylic acids is 2. The lowest BCUT2D eigenvalue weighted by atomic mass is 9.57. The molecular weight excluding hydrogens is 544 g/mol. The molecule has 43 heavy (non-hydrogen) atoms. The van der Waals surface area contributed by atoms with E-state index in [-0.39, 0.29) is 30.0 Å². The van der Waals surface area contributed by atoms with Crippen LogP contribution in [0.2, 0.25) is 6.32 Å². The number of aromatic hydroxyl groups is 1. The summed E-state index contributed by atoms with van der Waals surface area (Å²) in [5.74, 6) is -2.65. The molecule has 2 saturated heterocycles. The van der Waals surface area contributed by atoms with Gasteiger partial charge in [-0.25, -0.2) is 4.39 Å². The second-order valence-corrected chi connectivity index (χ2v) is 12.0. The quantitative estimate of drug-likeness (QED) is 0.144. The average molecular weight is 579 g/mol. The van der Waals surface area contributed by atoms with Crippen LogP contribution in [0.15, 0.2) is 90.0 Å². The summed E-state index contributed by atoms with van der Waals surface area (Å²) in [4.78, 5) is 28.9. The van der Waals surface area contributed by atoms with Crippen LogP contribution >= 0.6 is 0 Å². The average Bonchev–Trinajstić information content (AvgIpc) is 3.26. The number of imide groups is 1. The highest BCUT2D eigenvalue weighted by Crippen LogP contribution is 2.52. The fourth-order valence-corrected chi connectivity index (χ4v) is 7.13. The molecule has 220 valence electrons. The number of phenolic OH excluding ortho intramolecular Hbond substituents is 1. The molecular formula is C35H35BFNO5. The number of fused-ring (bicyclic) bond motifs is 3. The van der Waals surface area contributed by atoms with Crippen molar-refractivity contribution in [1.29, 1.82) is 0 Å². The van der Waals surface area contributed by atoms with E-state index in [0.29, 0.717) is 30.5 Å². The van der Waals surface area contributed by atoms with Gasteiger partial charge in [0.15, 0.2) is 11.6 Å². The van der Waals surface area contributed by atoms with E-state index in [4.69, 9.17) is 4.65 Å². The number of benzene rings is 3. The maximum absolute atomic E-state index is 14.2. The molecule has 3 aromatic carbocycles. The zero-order chi connectivity index (χ0) is 30.2. The lowest BCUT2D eigenvalue weighted by Crippen LogP contribution is -2.46. The van der Waals surface area contributed by atoms with Crippen molar-refractivity contribution in [3.63, 3.8) is 0 Å². The zero-order valence-corrected chi connectivity index (χ0v) is 24.3. The lowest BCUT2D eigenvalue weighted by Gasteiger charge is -2.44. The van der Waals surface area contributed by atoms with Crippen molar-refractivity contribution >= 4 is 36.3 Å². The van der Waals surface area contributed by atoms with Gasteiger partial charge in [-0.2, -0.15) is 0 Å². The van der Waals surface area contributed by atoms with Gasteiger partial charge < -0.3 is 14.8 Å². The molecule has 1 aliphatic carbocycles. The van der Waals surface area contributed by atoms with Crippen LogP contribution in [0.1, 0.15) is 44.2 Å². The van der Waals surface area contributed by atoms with Crippen LogP contribution in [0.5, 0.6) is 5.75 Å². The van der Waals surface area contributed by atoms with Gasteiger partial charge >= 0.3 is 7.12 Å². The number of hydrogen-bond donors (Lipinski definition) is 2. The fraction of sp³-hybridized carbons (Fsp3) is 0.314. The van der Waals surface area contributed by atoms with Crippen LogP contribution in [0.4, 0.5) is 10.1 Å². The van der Waals surface area contributed by atoms with E-state index < -0.39 is 36.6 Å². The Bertz CT molecular complexity index is 1590. The van der Waals surface area contributed by atoms with Crippen LogP contribution in [0, 0.1) is 29.5 Å². The molecule has 2 heterocycles. The number of rotatable bonds is 7. The van der Waals surface area contributed by atoms with Gasteiger partial charge in [0.05, 0.1) is 23.6 Å². The van der Waals surface area contributed by atoms with Gasteiger partial charge in [0.1, 0.15) is 0 Å². The molecule has 4 atom stereocenters. The van der Waals surface area contributed by atoms with Crippen molar-refractivity contribution in [3.05, 3.63) is 107 Å². The summed E-state index contributed by atoms with van der Waals surface area (Å²) in [6.45, 7) is 4.21. The number of para-hydroxylation sites is 1. The SMILES string of the molecule is CC(C)C1=C2[C@@H](CC/C(=C/c3ccc(O)c(F)c3)c3ccccc3)OB(O)C[C@@H]2[C@@H]2C(=O)N(c3ccccc3)C(=O)[C@@H]2C1. The Morgan fingerprint density at radius 1 is 1.02 bits per heavy atom. The van der Waals surface area contributed by atoms with Crippen LogP contribution in [-0.4, -0.2) is 35.2 Å². The molecule has 2 N–H and O–H groups in total. The Morgan fingerprint density at radius 3 is 2.40 bits per heavy atom. The van der Waals surface area contributed by atoms with E-state index in [0.717, 1.165) is 22.3 Å². The summed E-state index contributed by atoms with van der Waals surface area (Å²) < 4.78 is 20.4. The first-order valence-corrected chi connectivity index (χ1v) is 15.0. The van der Waals surface area contributed by atoms with E-state index in [1.54, 1.807) is 18.2 Å². The van der Waals surface area contributed by atoms with Gasteiger partial charge in [-0.15, -0.1) is 0 Å². The Hall–Kier alpha value is -4.01. The van der Waals surface area contributed by atoms with Crippen molar-refractivity contribution in [1.82, 2.24) is 0 Å². The zero-order valence-electron chi connectivity index (χ0n) is 24.3. The molecule has 2 aliphatic heterocycles. The summed E-state index contributed by atoms with van der Waals surface area (Å²) in [7, 11) is -1.06. The van der Waals surface area contributed by atoms with Gasteiger partial charge in [-0.3, -0.25) is 14.5 Å². The topological polar surface area (TPSA) is 87.1 Å². The Labute approximate surface area is 251 Å². The summed E-state index contributed by atoms with van der Waals surface area (Å²) in [6.07, 6.45) is 3.31. The van der Waals surface area contributed by atoms with Gasteiger partial charge in [-0.05, 0) is 84.0 Å². The van der Waals surface area contributed by atoms with Crippen LogP contribution in [0.25, 0.3) is 11.6 Å². The number of amides is 2. The number of halogens is 1. The van der Waals surface area contributed by atoms with Gasteiger partial charge in [0.25, 0.3) is 0 Å². The van der Waals surface area contributed by atoms with Crippen LogP contribution < -0.4 is 4.90 Å². The third-order valence-electron chi connectivity index (χ3n) is 9.09. The second kappa shape index (κ2) is 11.9. The van der Waals surface area contributed by atoms with Gasteiger partial charge in [-0.1, -0.05) is 80.1 Å². The van der Waals surface area contributed by atoms with E-state index in [1.165, 1.54) is 17.0 Å². The monoisotopic (exact) mass is 579 g/mol. The van der Waals surface area contributed by atoms with Gasteiger partial charge in [0.2, 0.25) is 11.8 Å². The van der Waals surface area contributed by atoms with Crippen molar-refractivity contribution in [2.45, 2.75) is 45.5 Å². The molecule has 2 amide bonds. The Kier molecular flexibility index (Phi) is 8.08. The predicted molar refractivity (Wildman–Crippen MR) is 165 cm³/mol. The molecule has 8 heteroatoms. The molecule has 0 radical (unpaired) electrons. The third kappa shape index (κ3) is 5.57. The largest absolute Gasteiger partial charge is 0.505 e. The first kappa shape index (κ1) is 29.1. The highest BCUT2D eigenvalue weighted by Gasteiger charge is 2.57. The molecule has 0 aromatic heterocycles. The minimum atomic E-state index is -1.06. The Balaban J connectivity index is 1.34. The summed E-state index contributed by atoms with van der Waals surface area (Å²) in [5, 5.41) is 20.6. The van der Waals surface area contributed by atoms with E-state index in [1.807, 2.05) is 54.6 Å². The normalized spacial score (nSPS) is 24.1. The van der Waals surface area contributed by atoms with Crippen LogP contribution in [-0.2, 0) is 14.2 Å². The number of nitrogens with zero attached hydrogens (tertiary/aromatic N) is 1. The van der Waals surface area contributed by atoms with Crippen molar-refractivity contribution in [2.24, 2.45) is 23.7 Å². The summed E-state index contributed by atoms with van der Waals surface area (Å²) >= 11 is 0. The minimum absolute atomic E-state index is 0.137. The first-order valence-electron chi connectivity index (χ1n) is 15.0. The molecule has 0 saturated carbocycles. The van der Waals surface area contributed by atoms with Crippen molar-refractivity contribution < 1.29 is 28.8 Å². The predicted octanol–water partition coefficient (Wildman–Crippen LogP) is 6.51. The van der Waals surface area contributed by atoms with Gasteiger partial charge in [0, 0.05) is 0 Å². The molecule has 0 bridgehead atoms. The minimum Gasteiger partial charge on any atom is -0.505 e. The lowest BCUT2D eigenvalue weighted by molar-refractivity contribution is -0.122. The fourth-order valence-electron chi connectivity index (χ4n) is 7.13. The van der Waals surface area contributed by atoms with Crippen molar-refractivity contribution in [3.8, 4) is 5.75 Å². The smallest absolute Gasteiger partial charge is 0.455 e. The molecule has 6 nitrogen and oxygen atoms in total. The molecule has 3 aliphatic rings. The summed E-state index contributed by atoms with van der Waals surface area (Å²) in [6, 6.07) is 23.2. The first-order chi connectivity index (χ1) is 20.7. The maximum atomic E-state index is 14.2. The number of hydrogen-bond acceptors (Lipinski definition) is 5. The van der Waals surface area contributed by atoms with E-state index in [9.17, 15) is 24.1 Å². The molecule has 3 aromatic rings. The Morgan fingerprint density at radius 2 is 1.72 bits per heavy atom. The number of phenols is 1.